The van der Waals surface area contributed by atoms with Crippen molar-refractivity contribution in [1.29, 1.82) is 5.41 Å². The highest BCUT2D eigenvalue weighted by Crippen LogP contribution is 2.07. The van der Waals surface area contributed by atoms with Crippen LogP contribution in [0.2, 0.25) is 0 Å². The molecule has 1 aromatic carbocycles. The number of aryl methyl sites for hydroxylation is 1. The summed E-state index contributed by atoms with van der Waals surface area (Å²) in [6.45, 7) is 11.6. The topological polar surface area (TPSA) is 60.6 Å². The van der Waals surface area contributed by atoms with Crippen LogP contribution in [0, 0.1) is 12.3 Å². The van der Waals surface area contributed by atoms with Crippen molar-refractivity contribution in [3.8, 4) is 0 Å². The Morgan fingerprint density at radius 2 is 2.00 bits per heavy atom. The summed E-state index contributed by atoms with van der Waals surface area (Å²) in [5, 5.41) is 11.3. The molecule has 1 aromatic rings. The average Bonchev–Trinajstić information content (AvgIpc) is 2.47. The highest BCUT2D eigenvalue weighted by molar-refractivity contribution is 6.19. The van der Waals surface area contributed by atoms with E-state index in [0.717, 1.165) is 11.1 Å². The number of nitrogens with zero attached hydrogens (tertiary/aromatic N) is 2. The predicted octanol–water partition coefficient (Wildman–Crippen LogP) is 3.57. The maximum absolute atomic E-state index is 7.16. The fraction of sp³-hybridized carbons (Fsp3) is 0.312. The zero-order valence-corrected chi connectivity index (χ0v) is 13.0. The van der Waals surface area contributed by atoms with Crippen LogP contribution in [0.1, 0.15) is 31.9 Å². The van der Waals surface area contributed by atoms with Crippen molar-refractivity contribution in [2.45, 2.75) is 27.7 Å². The second kappa shape index (κ2) is 9.67. The SMILES string of the molecule is C=C(C=N)C(C)=N/C(=N\NC)c1cccc(C)c1.CC. The van der Waals surface area contributed by atoms with Gasteiger partial charge in [-0.3, -0.25) is 0 Å². The number of hydrazone groups is 1. The van der Waals surface area contributed by atoms with Gasteiger partial charge < -0.3 is 10.8 Å². The van der Waals surface area contributed by atoms with E-state index in [1.807, 2.05) is 52.0 Å². The van der Waals surface area contributed by atoms with Crippen LogP contribution in [-0.4, -0.2) is 24.8 Å². The summed E-state index contributed by atoms with van der Waals surface area (Å²) >= 11 is 0. The van der Waals surface area contributed by atoms with Crippen molar-refractivity contribution in [3.63, 3.8) is 0 Å². The minimum atomic E-state index is 0.575. The van der Waals surface area contributed by atoms with Crippen molar-refractivity contribution in [2.24, 2.45) is 10.1 Å². The Bertz CT molecular complexity index is 513. The van der Waals surface area contributed by atoms with E-state index in [1.165, 1.54) is 6.21 Å². The van der Waals surface area contributed by atoms with Crippen molar-refractivity contribution >= 4 is 17.8 Å². The number of hydrogen-bond acceptors (Lipinski definition) is 3. The van der Waals surface area contributed by atoms with Gasteiger partial charge in [-0.15, -0.1) is 0 Å². The van der Waals surface area contributed by atoms with E-state index in [0.29, 0.717) is 17.1 Å². The van der Waals surface area contributed by atoms with Crippen LogP contribution < -0.4 is 5.43 Å². The first-order valence-corrected chi connectivity index (χ1v) is 6.65. The Hall–Kier alpha value is -2.23. The highest BCUT2D eigenvalue weighted by Gasteiger charge is 2.04. The molecule has 0 atom stereocenters. The van der Waals surface area contributed by atoms with Crippen molar-refractivity contribution in [1.82, 2.24) is 5.43 Å². The second-order valence-electron chi connectivity index (χ2n) is 3.90. The van der Waals surface area contributed by atoms with Gasteiger partial charge in [0.2, 0.25) is 0 Å². The van der Waals surface area contributed by atoms with Gasteiger partial charge in [0.15, 0.2) is 5.84 Å². The zero-order chi connectivity index (χ0) is 15.5. The molecule has 0 saturated carbocycles. The number of amidine groups is 1. The van der Waals surface area contributed by atoms with Gasteiger partial charge >= 0.3 is 0 Å². The molecule has 4 heteroatoms. The van der Waals surface area contributed by atoms with Gasteiger partial charge in [0.05, 0.1) is 0 Å². The number of nitrogens with one attached hydrogen (secondary N) is 2. The van der Waals surface area contributed by atoms with E-state index in [1.54, 1.807) is 7.05 Å². The zero-order valence-electron chi connectivity index (χ0n) is 13.0. The molecule has 4 nitrogen and oxygen atoms in total. The first-order chi connectivity index (χ1) is 9.58. The number of hydrogen-bond donors (Lipinski definition) is 2. The normalized spacial score (nSPS) is 11.2. The van der Waals surface area contributed by atoms with Crippen LogP contribution >= 0.6 is 0 Å². The maximum atomic E-state index is 7.16. The van der Waals surface area contributed by atoms with Gasteiger partial charge in [0.1, 0.15) is 0 Å². The molecule has 20 heavy (non-hydrogen) atoms. The summed E-state index contributed by atoms with van der Waals surface area (Å²) < 4.78 is 0. The third kappa shape index (κ3) is 5.61. The minimum Gasteiger partial charge on any atom is -0.311 e. The second-order valence-corrected chi connectivity index (χ2v) is 3.90. The molecule has 1 rings (SSSR count). The molecule has 0 aromatic heterocycles. The summed E-state index contributed by atoms with van der Waals surface area (Å²) in [6.07, 6.45) is 1.19. The molecule has 0 heterocycles. The van der Waals surface area contributed by atoms with Crippen LogP contribution in [0.3, 0.4) is 0 Å². The largest absolute Gasteiger partial charge is 0.311 e. The van der Waals surface area contributed by atoms with Gasteiger partial charge in [-0.25, -0.2) is 4.99 Å². The molecule has 0 aliphatic rings. The molecular weight excluding hydrogens is 248 g/mol. The summed E-state index contributed by atoms with van der Waals surface area (Å²) in [7, 11) is 1.73. The van der Waals surface area contributed by atoms with E-state index < -0.39 is 0 Å². The van der Waals surface area contributed by atoms with Gasteiger partial charge in [-0.1, -0.05) is 44.2 Å². The molecule has 0 amide bonds. The molecule has 2 N–H and O–H groups in total. The van der Waals surface area contributed by atoms with E-state index in [4.69, 9.17) is 5.41 Å². The summed E-state index contributed by atoms with van der Waals surface area (Å²) in [6, 6.07) is 7.95. The third-order valence-corrected chi connectivity index (χ3v) is 2.41. The molecule has 0 radical (unpaired) electrons. The van der Waals surface area contributed by atoms with E-state index in [-0.39, 0.29) is 0 Å². The molecule has 0 saturated heterocycles. The Morgan fingerprint density at radius 1 is 1.35 bits per heavy atom. The number of aliphatic imine (C=N–C) groups is 1. The predicted molar refractivity (Wildman–Crippen MR) is 89.2 cm³/mol. The summed E-state index contributed by atoms with van der Waals surface area (Å²) in [4.78, 5) is 4.40. The van der Waals surface area contributed by atoms with E-state index in [9.17, 15) is 0 Å². The monoisotopic (exact) mass is 272 g/mol. The fourth-order valence-corrected chi connectivity index (χ4v) is 1.38. The van der Waals surface area contributed by atoms with Gasteiger partial charge in [-0.2, -0.15) is 5.10 Å². The van der Waals surface area contributed by atoms with Crippen molar-refractivity contribution in [3.05, 3.63) is 47.5 Å². The first kappa shape index (κ1) is 17.8. The molecule has 0 unspecified atom stereocenters. The lowest BCUT2D eigenvalue weighted by Gasteiger charge is -2.05. The Labute approximate surface area is 121 Å². The van der Waals surface area contributed by atoms with Crippen molar-refractivity contribution in [2.75, 3.05) is 7.05 Å². The molecule has 0 bridgehead atoms. The van der Waals surface area contributed by atoms with Crippen LogP contribution in [-0.2, 0) is 0 Å². The maximum Gasteiger partial charge on any atom is 0.179 e. The first-order valence-electron chi connectivity index (χ1n) is 6.65. The lowest BCUT2D eigenvalue weighted by atomic mass is 10.1. The molecule has 108 valence electrons. The Morgan fingerprint density at radius 3 is 2.50 bits per heavy atom. The van der Waals surface area contributed by atoms with Crippen LogP contribution in [0.5, 0.6) is 0 Å². The highest BCUT2D eigenvalue weighted by atomic mass is 15.3. The van der Waals surface area contributed by atoms with Crippen LogP contribution in [0.4, 0.5) is 0 Å². The fourth-order valence-electron chi connectivity index (χ4n) is 1.38. The van der Waals surface area contributed by atoms with E-state index >= 15 is 0 Å². The van der Waals surface area contributed by atoms with Gasteiger partial charge in [0.25, 0.3) is 0 Å². The molecule has 0 spiro atoms. The smallest absolute Gasteiger partial charge is 0.179 e. The number of rotatable bonds is 4. The lowest BCUT2D eigenvalue weighted by molar-refractivity contribution is 0.898. The number of allylic oxidation sites excluding steroid dienone is 1. The summed E-state index contributed by atoms with van der Waals surface area (Å²) in [5.74, 6) is 0.585. The van der Waals surface area contributed by atoms with Gasteiger partial charge in [-0.05, 0) is 19.9 Å². The lowest BCUT2D eigenvalue weighted by Crippen LogP contribution is -2.09. The number of benzene rings is 1. The van der Waals surface area contributed by atoms with Crippen LogP contribution in [0.25, 0.3) is 0 Å². The standard InChI is InChI=1S/C14H18N4.C2H6/c1-10-6-5-7-13(8-10)14(18-16-4)17-12(3)11(2)9-15;1-2/h5-9,15-16H,2H2,1,3-4H3;1-2H3/b15-9?,17-12?,18-14-;. The molecule has 0 fully saturated rings. The van der Waals surface area contributed by atoms with E-state index in [2.05, 4.69) is 22.1 Å². The molecule has 0 aliphatic heterocycles. The summed E-state index contributed by atoms with van der Waals surface area (Å²) in [5.41, 5.74) is 6.08. The van der Waals surface area contributed by atoms with Gasteiger partial charge in [0, 0.05) is 30.1 Å². The minimum absolute atomic E-state index is 0.575. The third-order valence-electron chi connectivity index (χ3n) is 2.41. The Balaban J connectivity index is 0.00000172. The van der Waals surface area contributed by atoms with Crippen LogP contribution in [0.15, 0.2) is 46.5 Å². The average molecular weight is 272 g/mol. The molecule has 0 aliphatic carbocycles. The molecular formula is C16H24N4. The van der Waals surface area contributed by atoms with Crippen molar-refractivity contribution < 1.29 is 0 Å². The Kier molecular flexibility index (Phi) is 8.59. The quantitative estimate of drug-likeness (QED) is 0.491.